The fourth-order valence-corrected chi connectivity index (χ4v) is 1.89. The Morgan fingerprint density at radius 2 is 2.39 bits per heavy atom. The van der Waals surface area contributed by atoms with Crippen LogP contribution in [0.15, 0.2) is 12.5 Å². The van der Waals surface area contributed by atoms with Crippen LogP contribution in [0.4, 0.5) is 0 Å². The molecule has 98 valence electrons. The Morgan fingerprint density at radius 3 is 3.00 bits per heavy atom. The summed E-state index contributed by atoms with van der Waals surface area (Å²) in [5.41, 5.74) is 0.751. The van der Waals surface area contributed by atoms with Gasteiger partial charge in [-0.05, 0) is 12.8 Å². The van der Waals surface area contributed by atoms with Crippen molar-refractivity contribution in [2.24, 2.45) is 0 Å². The van der Waals surface area contributed by atoms with Crippen molar-refractivity contribution in [3.05, 3.63) is 23.8 Å². The topological polar surface area (TPSA) is 75.5 Å². The van der Waals surface area contributed by atoms with Gasteiger partial charge in [-0.3, -0.25) is 4.90 Å². The van der Waals surface area contributed by atoms with Crippen molar-refractivity contribution >= 4 is 5.97 Å². The zero-order valence-electron chi connectivity index (χ0n) is 10.4. The van der Waals surface area contributed by atoms with E-state index in [1.54, 1.807) is 7.11 Å². The number of carbonyl (C=O) groups is 1. The van der Waals surface area contributed by atoms with E-state index < -0.39 is 5.97 Å². The van der Waals surface area contributed by atoms with Crippen LogP contribution in [-0.2, 0) is 11.3 Å². The molecule has 1 fully saturated rings. The highest BCUT2D eigenvalue weighted by molar-refractivity contribution is 5.88. The van der Waals surface area contributed by atoms with E-state index in [1.807, 2.05) is 0 Å². The number of nitrogens with zero attached hydrogens (tertiary/aromatic N) is 3. The molecule has 6 heteroatoms. The van der Waals surface area contributed by atoms with Gasteiger partial charge in [0, 0.05) is 32.4 Å². The molecule has 1 aromatic heterocycles. The van der Waals surface area contributed by atoms with Gasteiger partial charge in [0.1, 0.15) is 11.9 Å². The lowest BCUT2D eigenvalue weighted by molar-refractivity contribution is 0.0692. The summed E-state index contributed by atoms with van der Waals surface area (Å²) >= 11 is 0. The molecule has 2 rings (SSSR count). The molecule has 1 aliphatic carbocycles. The second kappa shape index (κ2) is 5.88. The van der Waals surface area contributed by atoms with E-state index in [1.165, 1.54) is 12.5 Å². The van der Waals surface area contributed by atoms with E-state index in [4.69, 9.17) is 9.84 Å². The highest BCUT2D eigenvalue weighted by Crippen LogP contribution is 2.28. The third-order valence-electron chi connectivity index (χ3n) is 3.02. The summed E-state index contributed by atoms with van der Waals surface area (Å²) in [5.74, 6) is -0.979. The number of carboxylic acids is 1. The average molecular weight is 251 g/mol. The molecule has 0 amide bonds. The standard InChI is InChI=1S/C12H17N3O3/c1-18-5-4-15(9-2-3-9)7-11-10(12(16)17)6-13-8-14-11/h6,8-9H,2-5,7H2,1H3,(H,16,17). The largest absolute Gasteiger partial charge is 0.478 e. The van der Waals surface area contributed by atoms with E-state index >= 15 is 0 Å². The minimum Gasteiger partial charge on any atom is -0.478 e. The molecule has 18 heavy (non-hydrogen) atoms. The Balaban J connectivity index is 2.08. The summed E-state index contributed by atoms with van der Waals surface area (Å²) in [6.45, 7) is 1.98. The number of rotatable bonds is 7. The maximum atomic E-state index is 11.1. The van der Waals surface area contributed by atoms with Crippen LogP contribution in [0.3, 0.4) is 0 Å². The summed E-state index contributed by atoms with van der Waals surface area (Å²) in [5, 5.41) is 9.09. The fraction of sp³-hybridized carbons (Fsp3) is 0.583. The van der Waals surface area contributed by atoms with Crippen LogP contribution in [0, 0.1) is 0 Å². The average Bonchev–Trinajstić information content (AvgIpc) is 3.19. The maximum Gasteiger partial charge on any atom is 0.339 e. The van der Waals surface area contributed by atoms with Crippen LogP contribution in [0.25, 0.3) is 0 Å². The number of carboxylic acid groups (broad SMARTS) is 1. The van der Waals surface area contributed by atoms with Crippen molar-refractivity contribution in [3.8, 4) is 0 Å². The smallest absolute Gasteiger partial charge is 0.339 e. The van der Waals surface area contributed by atoms with E-state index in [2.05, 4.69) is 14.9 Å². The molecule has 0 bridgehead atoms. The Hall–Kier alpha value is -1.53. The van der Waals surface area contributed by atoms with Crippen LogP contribution in [0.1, 0.15) is 28.9 Å². The number of aromatic nitrogens is 2. The lowest BCUT2D eigenvalue weighted by Crippen LogP contribution is -2.30. The number of ether oxygens (including phenoxy) is 1. The van der Waals surface area contributed by atoms with Gasteiger partial charge >= 0.3 is 5.97 Å². The molecule has 0 saturated heterocycles. The van der Waals surface area contributed by atoms with Gasteiger partial charge in [-0.15, -0.1) is 0 Å². The van der Waals surface area contributed by atoms with Gasteiger partial charge in [0.2, 0.25) is 0 Å². The Labute approximate surface area is 106 Å². The molecule has 0 radical (unpaired) electrons. The molecule has 0 atom stereocenters. The summed E-state index contributed by atoms with van der Waals surface area (Å²) in [6.07, 6.45) is 5.07. The molecule has 0 aromatic carbocycles. The SMILES string of the molecule is COCCN(Cc1ncncc1C(=O)O)C1CC1. The molecule has 1 saturated carbocycles. The highest BCUT2D eigenvalue weighted by Gasteiger charge is 2.29. The first kappa shape index (κ1) is 12.9. The van der Waals surface area contributed by atoms with Crippen LogP contribution < -0.4 is 0 Å². The second-order valence-corrected chi connectivity index (χ2v) is 4.38. The van der Waals surface area contributed by atoms with E-state index in [9.17, 15) is 4.79 Å². The third kappa shape index (κ3) is 3.24. The molecule has 0 spiro atoms. The molecule has 0 unspecified atom stereocenters. The zero-order chi connectivity index (χ0) is 13.0. The molecular weight excluding hydrogens is 234 g/mol. The second-order valence-electron chi connectivity index (χ2n) is 4.38. The van der Waals surface area contributed by atoms with Gasteiger partial charge in [-0.2, -0.15) is 0 Å². The van der Waals surface area contributed by atoms with Gasteiger partial charge in [-0.25, -0.2) is 14.8 Å². The van der Waals surface area contributed by atoms with Crippen molar-refractivity contribution in [3.63, 3.8) is 0 Å². The Morgan fingerprint density at radius 1 is 1.61 bits per heavy atom. The van der Waals surface area contributed by atoms with Crippen molar-refractivity contribution in [1.82, 2.24) is 14.9 Å². The molecular formula is C12H17N3O3. The lowest BCUT2D eigenvalue weighted by Gasteiger charge is -2.21. The summed E-state index contributed by atoms with van der Waals surface area (Å²) in [6, 6.07) is 0.539. The minimum atomic E-state index is -0.979. The fourth-order valence-electron chi connectivity index (χ4n) is 1.89. The molecule has 1 heterocycles. The van der Waals surface area contributed by atoms with E-state index in [-0.39, 0.29) is 5.56 Å². The lowest BCUT2D eigenvalue weighted by atomic mass is 10.2. The summed E-state index contributed by atoms with van der Waals surface area (Å²) in [7, 11) is 1.67. The summed E-state index contributed by atoms with van der Waals surface area (Å²) < 4.78 is 5.07. The van der Waals surface area contributed by atoms with Crippen LogP contribution in [0.2, 0.25) is 0 Å². The number of methoxy groups -OCH3 is 1. The van der Waals surface area contributed by atoms with E-state index in [0.717, 1.165) is 19.4 Å². The van der Waals surface area contributed by atoms with Gasteiger partial charge in [-0.1, -0.05) is 0 Å². The van der Waals surface area contributed by atoms with Crippen LogP contribution in [0.5, 0.6) is 0 Å². The van der Waals surface area contributed by atoms with Crippen molar-refractivity contribution in [2.75, 3.05) is 20.3 Å². The van der Waals surface area contributed by atoms with Crippen molar-refractivity contribution in [1.29, 1.82) is 0 Å². The van der Waals surface area contributed by atoms with Crippen LogP contribution >= 0.6 is 0 Å². The first-order valence-electron chi connectivity index (χ1n) is 5.97. The molecule has 1 aromatic rings. The minimum absolute atomic E-state index is 0.181. The first-order valence-corrected chi connectivity index (χ1v) is 5.97. The predicted octanol–water partition coefficient (Wildman–Crippen LogP) is 0.786. The number of aromatic carboxylic acids is 1. The monoisotopic (exact) mass is 251 g/mol. The first-order chi connectivity index (χ1) is 8.72. The third-order valence-corrected chi connectivity index (χ3v) is 3.02. The normalized spacial score (nSPS) is 15.0. The predicted molar refractivity (Wildman–Crippen MR) is 64.3 cm³/mol. The number of hydrogen-bond acceptors (Lipinski definition) is 5. The van der Waals surface area contributed by atoms with Gasteiger partial charge in [0.15, 0.2) is 0 Å². The summed E-state index contributed by atoms with van der Waals surface area (Å²) in [4.78, 5) is 21.1. The Bertz CT molecular complexity index is 421. The molecule has 0 aliphatic heterocycles. The van der Waals surface area contributed by atoms with Crippen LogP contribution in [-0.4, -0.2) is 52.2 Å². The Kier molecular flexibility index (Phi) is 4.22. The van der Waals surface area contributed by atoms with Gasteiger partial charge < -0.3 is 9.84 Å². The van der Waals surface area contributed by atoms with Gasteiger partial charge in [0.05, 0.1) is 12.3 Å². The molecule has 1 aliphatic rings. The molecule has 6 nitrogen and oxygen atoms in total. The van der Waals surface area contributed by atoms with E-state index in [0.29, 0.717) is 24.9 Å². The van der Waals surface area contributed by atoms with Crippen molar-refractivity contribution in [2.45, 2.75) is 25.4 Å². The maximum absolute atomic E-state index is 11.1. The molecule has 1 N–H and O–H groups in total. The van der Waals surface area contributed by atoms with Crippen molar-refractivity contribution < 1.29 is 14.6 Å². The highest BCUT2D eigenvalue weighted by atomic mass is 16.5. The number of hydrogen-bond donors (Lipinski definition) is 1. The van der Waals surface area contributed by atoms with Gasteiger partial charge in [0.25, 0.3) is 0 Å². The quantitative estimate of drug-likeness (QED) is 0.772. The zero-order valence-corrected chi connectivity index (χ0v) is 10.4.